The van der Waals surface area contributed by atoms with Crippen molar-refractivity contribution in [2.75, 3.05) is 6.61 Å². The number of ether oxygens (including phenoxy) is 1. The summed E-state index contributed by atoms with van der Waals surface area (Å²) >= 11 is 9.26. The molecule has 4 nitrogen and oxygen atoms in total. The first kappa shape index (κ1) is 15.1. The number of halogens is 2. The molecule has 2 aromatic carbocycles. The normalized spacial score (nSPS) is 10.8. The standard InChI is InChI=1S/C16H12BrClN2O2/c17-11-4-5-15-14(8-11)16(21)20(10-19-15)6-7-22-13-3-1-2-12(18)9-13/h1-5,8-10H,6-7H2. The van der Waals surface area contributed by atoms with Gasteiger partial charge in [0.05, 0.1) is 23.8 Å². The van der Waals surface area contributed by atoms with E-state index in [4.69, 9.17) is 16.3 Å². The Morgan fingerprint density at radius 2 is 2.09 bits per heavy atom. The Hall–Kier alpha value is -1.85. The van der Waals surface area contributed by atoms with Gasteiger partial charge in [-0.1, -0.05) is 33.6 Å². The first-order valence-electron chi connectivity index (χ1n) is 6.66. The maximum Gasteiger partial charge on any atom is 0.261 e. The van der Waals surface area contributed by atoms with E-state index in [1.807, 2.05) is 24.3 Å². The van der Waals surface area contributed by atoms with Crippen molar-refractivity contribution in [1.82, 2.24) is 9.55 Å². The molecule has 6 heteroatoms. The largest absolute Gasteiger partial charge is 0.492 e. The molecule has 0 saturated heterocycles. The molecule has 0 aliphatic rings. The Morgan fingerprint density at radius 3 is 2.91 bits per heavy atom. The van der Waals surface area contributed by atoms with E-state index in [1.165, 1.54) is 0 Å². The quantitative estimate of drug-likeness (QED) is 0.691. The monoisotopic (exact) mass is 378 g/mol. The second kappa shape index (κ2) is 6.50. The van der Waals surface area contributed by atoms with Crippen LogP contribution in [0.25, 0.3) is 10.9 Å². The van der Waals surface area contributed by atoms with Gasteiger partial charge >= 0.3 is 0 Å². The summed E-state index contributed by atoms with van der Waals surface area (Å²) in [6.07, 6.45) is 1.54. The molecule has 3 aromatic rings. The van der Waals surface area contributed by atoms with Gasteiger partial charge in [0, 0.05) is 9.50 Å². The third kappa shape index (κ3) is 3.31. The molecule has 0 N–H and O–H groups in total. The van der Waals surface area contributed by atoms with Crippen molar-refractivity contribution in [3.63, 3.8) is 0 Å². The molecule has 1 aromatic heterocycles. The zero-order chi connectivity index (χ0) is 15.5. The lowest BCUT2D eigenvalue weighted by molar-refractivity contribution is 0.296. The zero-order valence-electron chi connectivity index (χ0n) is 11.5. The summed E-state index contributed by atoms with van der Waals surface area (Å²) in [5, 5.41) is 1.20. The number of fused-ring (bicyclic) bond motifs is 1. The van der Waals surface area contributed by atoms with Crippen LogP contribution in [0, 0.1) is 0 Å². The molecular formula is C16H12BrClN2O2. The molecule has 3 rings (SSSR count). The molecule has 0 radical (unpaired) electrons. The second-order valence-corrected chi connectivity index (χ2v) is 6.06. The summed E-state index contributed by atoms with van der Waals surface area (Å²) in [5.41, 5.74) is 0.598. The second-order valence-electron chi connectivity index (χ2n) is 4.71. The molecule has 22 heavy (non-hydrogen) atoms. The first-order chi connectivity index (χ1) is 10.6. The van der Waals surface area contributed by atoms with E-state index < -0.39 is 0 Å². The van der Waals surface area contributed by atoms with Crippen molar-refractivity contribution in [3.8, 4) is 5.75 Å². The van der Waals surface area contributed by atoms with E-state index in [0.717, 1.165) is 4.47 Å². The van der Waals surface area contributed by atoms with E-state index in [1.54, 1.807) is 29.1 Å². The van der Waals surface area contributed by atoms with Crippen molar-refractivity contribution in [2.24, 2.45) is 0 Å². The summed E-state index contributed by atoms with van der Waals surface area (Å²) in [4.78, 5) is 16.7. The van der Waals surface area contributed by atoms with E-state index in [2.05, 4.69) is 20.9 Å². The first-order valence-corrected chi connectivity index (χ1v) is 7.84. The number of hydrogen-bond donors (Lipinski definition) is 0. The fraction of sp³-hybridized carbons (Fsp3) is 0.125. The third-order valence-electron chi connectivity index (χ3n) is 3.18. The lowest BCUT2D eigenvalue weighted by atomic mass is 10.2. The zero-order valence-corrected chi connectivity index (χ0v) is 13.8. The van der Waals surface area contributed by atoms with Gasteiger partial charge in [0.1, 0.15) is 12.4 Å². The van der Waals surface area contributed by atoms with Crippen LogP contribution < -0.4 is 10.3 Å². The highest BCUT2D eigenvalue weighted by atomic mass is 79.9. The van der Waals surface area contributed by atoms with Crippen LogP contribution in [-0.2, 0) is 6.54 Å². The SMILES string of the molecule is O=c1c2cc(Br)ccc2ncn1CCOc1cccc(Cl)c1. The van der Waals surface area contributed by atoms with Gasteiger partial charge in [-0.15, -0.1) is 0 Å². The average molecular weight is 380 g/mol. The maximum absolute atomic E-state index is 12.4. The predicted octanol–water partition coefficient (Wildman–Crippen LogP) is 3.89. The topological polar surface area (TPSA) is 44.1 Å². The van der Waals surface area contributed by atoms with Crippen LogP contribution in [0.4, 0.5) is 0 Å². The molecule has 112 valence electrons. The van der Waals surface area contributed by atoms with Crippen LogP contribution in [-0.4, -0.2) is 16.2 Å². The minimum absolute atomic E-state index is 0.0824. The average Bonchev–Trinajstić information content (AvgIpc) is 2.50. The minimum Gasteiger partial charge on any atom is -0.492 e. The molecule has 0 unspecified atom stereocenters. The summed E-state index contributed by atoms with van der Waals surface area (Å²) < 4.78 is 7.99. The van der Waals surface area contributed by atoms with Crippen LogP contribution in [0.15, 0.2) is 58.1 Å². The molecule has 1 heterocycles. The molecule has 0 bridgehead atoms. The molecular weight excluding hydrogens is 368 g/mol. The van der Waals surface area contributed by atoms with Gasteiger partial charge in [-0.3, -0.25) is 9.36 Å². The number of aromatic nitrogens is 2. The molecule has 0 aliphatic carbocycles. The number of rotatable bonds is 4. The Morgan fingerprint density at radius 1 is 1.23 bits per heavy atom. The number of benzene rings is 2. The van der Waals surface area contributed by atoms with Crippen molar-refractivity contribution in [2.45, 2.75) is 6.54 Å². The maximum atomic E-state index is 12.4. The van der Waals surface area contributed by atoms with E-state index in [-0.39, 0.29) is 5.56 Å². The lowest BCUT2D eigenvalue weighted by Gasteiger charge is -2.09. The highest BCUT2D eigenvalue weighted by molar-refractivity contribution is 9.10. The summed E-state index contributed by atoms with van der Waals surface area (Å²) in [6, 6.07) is 12.6. The van der Waals surface area contributed by atoms with Gasteiger partial charge in [-0.05, 0) is 36.4 Å². The predicted molar refractivity (Wildman–Crippen MR) is 90.7 cm³/mol. The van der Waals surface area contributed by atoms with E-state index in [9.17, 15) is 4.79 Å². The van der Waals surface area contributed by atoms with Gasteiger partial charge in [-0.25, -0.2) is 4.98 Å². The van der Waals surface area contributed by atoms with Gasteiger partial charge in [-0.2, -0.15) is 0 Å². The highest BCUT2D eigenvalue weighted by Crippen LogP contribution is 2.17. The smallest absolute Gasteiger partial charge is 0.261 e. The molecule has 0 spiro atoms. The molecule has 0 fully saturated rings. The van der Waals surface area contributed by atoms with Gasteiger partial charge in [0.15, 0.2) is 0 Å². The van der Waals surface area contributed by atoms with Crippen molar-refractivity contribution in [1.29, 1.82) is 0 Å². The Balaban J connectivity index is 1.77. The van der Waals surface area contributed by atoms with Crippen molar-refractivity contribution >= 4 is 38.4 Å². The third-order valence-corrected chi connectivity index (χ3v) is 3.91. The fourth-order valence-corrected chi connectivity index (χ4v) is 2.65. The fourth-order valence-electron chi connectivity index (χ4n) is 2.11. The Kier molecular flexibility index (Phi) is 4.45. The van der Waals surface area contributed by atoms with Gasteiger partial charge in [0.25, 0.3) is 5.56 Å². The Labute approximate surface area is 140 Å². The van der Waals surface area contributed by atoms with Crippen LogP contribution in [0.5, 0.6) is 5.75 Å². The molecule has 0 amide bonds. The molecule has 0 saturated carbocycles. The van der Waals surface area contributed by atoms with Gasteiger partial charge in [0.2, 0.25) is 0 Å². The summed E-state index contributed by atoms with van der Waals surface area (Å²) in [6.45, 7) is 0.780. The molecule has 0 aliphatic heterocycles. The lowest BCUT2D eigenvalue weighted by Crippen LogP contribution is -2.23. The van der Waals surface area contributed by atoms with E-state index >= 15 is 0 Å². The van der Waals surface area contributed by atoms with Crippen LogP contribution in [0.1, 0.15) is 0 Å². The minimum atomic E-state index is -0.0824. The van der Waals surface area contributed by atoms with Crippen LogP contribution in [0.2, 0.25) is 5.02 Å². The Bertz CT molecular complexity index is 879. The van der Waals surface area contributed by atoms with Crippen molar-refractivity contribution < 1.29 is 4.74 Å². The van der Waals surface area contributed by atoms with Crippen LogP contribution >= 0.6 is 27.5 Å². The summed E-state index contributed by atoms with van der Waals surface area (Å²) in [5.74, 6) is 0.678. The van der Waals surface area contributed by atoms with E-state index in [0.29, 0.717) is 34.8 Å². The number of nitrogens with zero attached hydrogens (tertiary/aromatic N) is 2. The molecule has 0 atom stereocenters. The van der Waals surface area contributed by atoms with Crippen molar-refractivity contribution in [3.05, 3.63) is 68.6 Å². The van der Waals surface area contributed by atoms with Crippen LogP contribution in [0.3, 0.4) is 0 Å². The number of hydrogen-bond acceptors (Lipinski definition) is 3. The summed E-state index contributed by atoms with van der Waals surface area (Å²) in [7, 11) is 0. The highest BCUT2D eigenvalue weighted by Gasteiger charge is 2.05. The van der Waals surface area contributed by atoms with Gasteiger partial charge < -0.3 is 4.74 Å².